The van der Waals surface area contributed by atoms with Crippen LogP contribution in [0.25, 0.3) is 0 Å². The predicted octanol–water partition coefficient (Wildman–Crippen LogP) is 4.61. The van der Waals surface area contributed by atoms with Gasteiger partial charge in [0.1, 0.15) is 11.5 Å². The van der Waals surface area contributed by atoms with Crippen molar-refractivity contribution in [2.75, 3.05) is 26.2 Å². The van der Waals surface area contributed by atoms with E-state index in [0.717, 1.165) is 33.9 Å². The van der Waals surface area contributed by atoms with Gasteiger partial charge < -0.3 is 28.4 Å². The van der Waals surface area contributed by atoms with E-state index in [1.807, 2.05) is 64.2 Å². The van der Waals surface area contributed by atoms with Gasteiger partial charge in [0.2, 0.25) is 0 Å². The van der Waals surface area contributed by atoms with Crippen molar-refractivity contribution in [2.45, 2.75) is 52.0 Å². The van der Waals surface area contributed by atoms with Gasteiger partial charge in [0.05, 0.1) is 32.5 Å². The Kier molecular flexibility index (Phi) is 7.47. The molecule has 0 radical (unpaired) electrons. The minimum atomic E-state index is -0.512. The molecule has 36 heavy (non-hydrogen) atoms. The Morgan fingerprint density at radius 2 is 1.22 bits per heavy atom. The van der Waals surface area contributed by atoms with Gasteiger partial charge in [0.25, 0.3) is 0 Å². The molecule has 0 bridgehead atoms. The lowest BCUT2D eigenvalue weighted by Gasteiger charge is -2.32. The maximum atomic E-state index is 6.23. The Bertz CT molecular complexity index is 1100. The number of rotatable bonds is 9. The minimum absolute atomic E-state index is 0.432. The summed E-state index contributed by atoms with van der Waals surface area (Å²) in [5, 5.41) is 0. The van der Waals surface area contributed by atoms with Crippen molar-refractivity contribution >= 4 is 18.4 Å². The first-order chi connectivity index (χ1) is 17.2. The van der Waals surface area contributed by atoms with Crippen LogP contribution in [0, 0.1) is 0 Å². The molecular formula is C28H35BN2O5. The highest BCUT2D eigenvalue weighted by molar-refractivity contribution is 6.62. The number of hydrogen-bond acceptors (Lipinski definition) is 7. The van der Waals surface area contributed by atoms with E-state index in [-0.39, 0.29) is 0 Å². The van der Waals surface area contributed by atoms with Gasteiger partial charge in [0, 0.05) is 24.7 Å². The fourth-order valence-corrected chi connectivity index (χ4v) is 4.06. The summed E-state index contributed by atoms with van der Waals surface area (Å²) < 4.78 is 28.9. The highest BCUT2D eigenvalue weighted by Gasteiger charge is 2.52. The van der Waals surface area contributed by atoms with Crippen molar-refractivity contribution in [1.82, 2.24) is 4.98 Å². The van der Waals surface area contributed by atoms with Crippen LogP contribution in [0.5, 0.6) is 17.2 Å². The van der Waals surface area contributed by atoms with Crippen LogP contribution in [0.1, 0.15) is 38.8 Å². The molecule has 0 atom stereocenters. The zero-order valence-corrected chi connectivity index (χ0v) is 22.2. The normalized spacial score (nSPS) is 16.0. The van der Waals surface area contributed by atoms with Crippen LogP contribution in [0.4, 0.5) is 5.82 Å². The molecule has 0 amide bonds. The lowest BCUT2D eigenvalue weighted by Crippen LogP contribution is -2.41. The summed E-state index contributed by atoms with van der Waals surface area (Å²) in [5.74, 6) is 3.04. The van der Waals surface area contributed by atoms with Crippen molar-refractivity contribution in [3.8, 4) is 17.2 Å². The molecule has 7 nitrogen and oxygen atoms in total. The van der Waals surface area contributed by atoms with Crippen molar-refractivity contribution < 1.29 is 23.5 Å². The van der Waals surface area contributed by atoms with Crippen LogP contribution in [0.3, 0.4) is 0 Å². The third-order valence-electron chi connectivity index (χ3n) is 6.96. The molecule has 2 aromatic carbocycles. The molecule has 1 fully saturated rings. The first-order valence-corrected chi connectivity index (χ1v) is 12.1. The van der Waals surface area contributed by atoms with Crippen LogP contribution in [-0.4, -0.2) is 44.6 Å². The SMILES string of the molecule is COc1ccc(CN(Cc2ccc(OC)cc2)c2ncc(B3OC(C)(C)C(C)(C)O3)cc2OC)cc1. The van der Waals surface area contributed by atoms with Gasteiger partial charge in [-0.25, -0.2) is 4.98 Å². The van der Waals surface area contributed by atoms with E-state index >= 15 is 0 Å². The Morgan fingerprint density at radius 3 is 1.64 bits per heavy atom. The molecular weight excluding hydrogens is 455 g/mol. The summed E-state index contributed by atoms with van der Waals surface area (Å²) in [5.41, 5.74) is 2.21. The van der Waals surface area contributed by atoms with Gasteiger partial charge >= 0.3 is 7.12 Å². The smallest absolute Gasteiger partial charge is 0.496 e. The molecule has 190 valence electrons. The number of anilines is 1. The van der Waals surface area contributed by atoms with E-state index < -0.39 is 18.3 Å². The van der Waals surface area contributed by atoms with Gasteiger partial charge in [-0.3, -0.25) is 0 Å². The third-order valence-corrected chi connectivity index (χ3v) is 6.96. The van der Waals surface area contributed by atoms with E-state index in [2.05, 4.69) is 29.2 Å². The first-order valence-electron chi connectivity index (χ1n) is 12.1. The van der Waals surface area contributed by atoms with Gasteiger partial charge in [-0.2, -0.15) is 0 Å². The molecule has 8 heteroatoms. The highest BCUT2D eigenvalue weighted by Crippen LogP contribution is 2.37. The maximum Gasteiger partial charge on any atom is 0.496 e. The van der Waals surface area contributed by atoms with Crippen molar-refractivity contribution in [1.29, 1.82) is 0 Å². The third kappa shape index (κ3) is 5.45. The lowest BCUT2D eigenvalue weighted by atomic mass is 9.80. The molecule has 1 aliphatic heterocycles. The van der Waals surface area contributed by atoms with Crippen LogP contribution in [-0.2, 0) is 22.4 Å². The molecule has 0 aliphatic carbocycles. The fraction of sp³-hybridized carbons (Fsp3) is 0.393. The van der Waals surface area contributed by atoms with Gasteiger partial charge in [-0.1, -0.05) is 24.3 Å². The number of aromatic nitrogens is 1. The highest BCUT2D eigenvalue weighted by atomic mass is 16.7. The summed E-state index contributed by atoms with van der Waals surface area (Å²) in [4.78, 5) is 7.03. The zero-order valence-electron chi connectivity index (χ0n) is 22.2. The Labute approximate surface area is 214 Å². The summed E-state index contributed by atoms with van der Waals surface area (Å²) in [6.45, 7) is 9.42. The van der Waals surface area contributed by atoms with E-state index in [1.165, 1.54) is 0 Å². The number of pyridine rings is 1. The first kappa shape index (κ1) is 25.9. The van der Waals surface area contributed by atoms with Crippen molar-refractivity contribution in [2.24, 2.45) is 0 Å². The summed E-state index contributed by atoms with van der Waals surface area (Å²) >= 11 is 0. The average molecular weight is 490 g/mol. The lowest BCUT2D eigenvalue weighted by molar-refractivity contribution is 0.00578. The summed E-state index contributed by atoms with van der Waals surface area (Å²) in [6, 6.07) is 18.1. The number of methoxy groups -OCH3 is 3. The average Bonchev–Trinajstić information content (AvgIpc) is 3.10. The predicted molar refractivity (Wildman–Crippen MR) is 142 cm³/mol. The second-order valence-corrected chi connectivity index (χ2v) is 9.93. The summed E-state index contributed by atoms with van der Waals surface area (Å²) in [6.07, 6.45) is 1.81. The van der Waals surface area contributed by atoms with E-state index in [1.54, 1.807) is 21.3 Å². The molecule has 0 unspecified atom stereocenters. The minimum Gasteiger partial charge on any atom is -0.497 e. The van der Waals surface area contributed by atoms with Crippen molar-refractivity contribution in [3.63, 3.8) is 0 Å². The largest absolute Gasteiger partial charge is 0.497 e. The number of nitrogens with zero attached hydrogens (tertiary/aromatic N) is 2. The Morgan fingerprint density at radius 1 is 0.750 bits per heavy atom. The van der Waals surface area contributed by atoms with Crippen LogP contribution in [0.2, 0.25) is 0 Å². The molecule has 1 aromatic heterocycles. The second kappa shape index (κ2) is 10.4. The molecule has 0 N–H and O–H groups in total. The molecule has 0 spiro atoms. The van der Waals surface area contributed by atoms with Crippen molar-refractivity contribution in [3.05, 3.63) is 71.9 Å². The molecule has 1 saturated heterocycles. The summed E-state index contributed by atoms with van der Waals surface area (Å²) in [7, 11) is 4.48. The van der Waals surface area contributed by atoms with E-state index in [9.17, 15) is 0 Å². The van der Waals surface area contributed by atoms with E-state index in [0.29, 0.717) is 18.8 Å². The Hall–Kier alpha value is -3.23. The Balaban J connectivity index is 1.66. The van der Waals surface area contributed by atoms with Gasteiger partial charge in [-0.15, -0.1) is 0 Å². The monoisotopic (exact) mass is 490 g/mol. The molecule has 1 aliphatic rings. The van der Waals surface area contributed by atoms with Gasteiger partial charge in [0.15, 0.2) is 11.6 Å². The van der Waals surface area contributed by atoms with Crippen LogP contribution < -0.4 is 24.6 Å². The second-order valence-electron chi connectivity index (χ2n) is 9.93. The maximum absolute atomic E-state index is 6.23. The quantitative estimate of drug-likeness (QED) is 0.406. The molecule has 2 heterocycles. The van der Waals surface area contributed by atoms with E-state index in [4.69, 9.17) is 28.5 Å². The van der Waals surface area contributed by atoms with Crippen LogP contribution in [0.15, 0.2) is 60.8 Å². The number of hydrogen-bond donors (Lipinski definition) is 0. The van der Waals surface area contributed by atoms with Gasteiger partial charge in [-0.05, 0) is 69.2 Å². The topological polar surface area (TPSA) is 62.3 Å². The number of benzene rings is 2. The fourth-order valence-electron chi connectivity index (χ4n) is 4.06. The standard InChI is InChI=1S/C28H35BN2O5/c1-27(2)28(3,4)36-29(35-27)22-16-25(34-7)26(30-17-22)31(18-20-8-12-23(32-5)13-9-20)19-21-10-14-24(33-6)15-11-21/h8-17H,18-19H2,1-7H3. The van der Waals surface area contributed by atoms with Crippen LogP contribution >= 0.6 is 0 Å². The molecule has 0 saturated carbocycles. The molecule has 3 aromatic rings. The molecule has 4 rings (SSSR count). The zero-order chi connectivity index (χ0) is 25.9. The number of ether oxygens (including phenoxy) is 3.